The third-order valence-corrected chi connectivity index (χ3v) is 12.9. The molecule has 5 rings (SSSR count). The van der Waals surface area contributed by atoms with E-state index in [0.717, 1.165) is 0 Å². The molecule has 16 nitrogen and oxygen atoms in total. The Labute approximate surface area is 551 Å². The van der Waals surface area contributed by atoms with E-state index in [9.17, 15) is 47.9 Å². The lowest BCUT2D eigenvalue weighted by molar-refractivity contribution is 0.0833. The summed E-state index contributed by atoms with van der Waals surface area (Å²) in [7, 11) is 0. The average molecular weight is 1270 g/mol. The smallest absolute Gasteiger partial charge is 0.188 e. The zero-order valence-electron chi connectivity index (χ0n) is 61.8. The van der Waals surface area contributed by atoms with Gasteiger partial charge in [0.15, 0.2) is 57.8 Å². The Hall–Kier alpha value is -7.62. The topological polar surface area (TPSA) is 248 Å². The fourth-order valence-electron chi connectivity index (χ4n) is 7.41. The van der Waals surface area contributed by atoms with Gasteiger partial charge in [-0.05, 0) is 30.3 Å². The van der Waals surface area contributed by atoms with Crippen molar-refractivity contribution < 1.29 is 47.9 Å². The first-order chi connectivity index (χ1) is 41.2. The molecule has 0 aliphatic heterocycles. The largest absolute Gasteiger partial charge is 0.294 e. The van der Waals surface area contributed by atoms with Crippen LogP contribution in [0.4, 0.5) is 0 Å². The number of Topliss-reactive ketones (excluding diaryl/α,β-unsaturated/α-hetero) is 10. The Kier molecular flexibility index (Phi) is 29.6. The summed E-state index contributed by atoms with van der Waals surface area (Å²) >= 11 is 0. The van der Waals surface area contributed by atoms with E-state index in [1.807, 2.05) is 222 Å². The molecule has 0 amide bonds. The molecule has 504 valence electrons. The summed E-state index contributed by atoms with van der Waals surface area (Å²) in [5.74, 6) is -0.385. The number of aromatic nitrogens is 6. The van der Waals surface area contributed by atoms with E-state index in [0.29, 0.717) is 45.0 Å². The number of hydrogen-bond acceptors (Lipinski definition) is 16. The number of ketones is 10. The van der Waals surface area contributed by atoms with Crippen molar-refractivity contribution in [2.24, 2.45) is 54.1 Å². The van der Waals surface area contributed by atoms with Gasteiger partial charge in [0.05, 0.1) is 12.4 Å². The monoisotopic (exact) mass is 1270 g/mol. The normalized spacial score (nSPS) is 12.1. The molecule has 0 spiro atoms. The Bertz CT molecular complexity index is 2710. The van der Waals surface area contributed by atoms with Crippen LogP contribution < -0.4 is 0 Å². The zero-order chi connectivity index (χ0) is 72.7. The average Bonchev–Trinajstić information content (AvgIpc) is 1.17. The van der Waals surface area contributed by atoms with E-state index >= 15 is 0 Å². The van der Waals surface area contributed by atoms with Gasteiger partial charge in [-0.15, -0.1) is 0 Å². The maximum Gasteiger partial charge on any atom is 0.188 e. The second-order valence-electron chi connectivity index (χ2n) is 32.8. The Morgan fingerprint density at radius 1 is 0.239 bits per heavy atom. The molecule has 0 unspecified atom stereocenters. The molecule has 0 atom stereocenters. The quantitative estimate of drug-likeness (QED) is 0.118. The number of rotatable bonds is 10. The first kappa shape index (κ1) is 84.4. The van der Waals surface area contributed by atoms with Crippen molar-refractivity contribution in [1.29, 1.82) is 0 Å². The number of hydrogen-bond donors (Lipinski definition) is 0. The van der Waals surface area contributed by atoms with Gasteiger partial charge in [-0.2, -0.15) is 0 Å². The molecule has 0 aliphatic carbocycles. The van der Waals surface area contributed by atoms with Gasteiger partial charge >= 0.3 is 0 Å². The van der Waals surface area contributed by atoms with Crippen LogP contribution in [0.2, 0.25) is 0 Å². The van der Waals surface area contributed by atoms with Crippen molar-refractivity contribution in [3.8, 4) is 0 Å². The van der Waals surface area contributed by atoms with Gasteiger partial charge in [0.2, 0.25) is 0 Å². The SMILES string of the molecule is CC.CC(C)(C)C(=O)c1cc(C(=O)C(C)(C)C)ncn1.CC(C)(C)C(=O)c1cccc(C(=O)C(C)(C)C)c1.CC(C)(C)C(=O)c1cccc(C(=O)C(C)(C)C)n1.CC(C)(C)C(=O)c1cncc(C(=O)C(C)(C)C)c1.CC(C)(C)C(=O)c1cncc(C(=O)C(C)(C)C)n1. The van der Waals surface area contributed by atoms with Gasteiger partial charge in [0.1, 0.15) is 40.5 Å². The number of benzene rings is 1. The lowest BCUT2D eigenvalue weighted by Crippen LogP contribution is -2.25. The molecule has 4 aromatic heterocycles. The zero-order valence-corrected chi connectivity index (χ0v) is 61.8. The Morgan fingerprint density at radius 3 is 0.717 bits per heavy atom. The van der Waals surface area contributed by atoms with Crippen LogP contribution >= 0.6 is 0 Å². The van der Waals surface area contributed by atoms with Crippen molar-refractivity contribution in [3.63, 3.8) is 0 Å². The highest BCUT2D eigenvalue weighted by molar-refractivity contribution is 6.07. The second kappa shape index (κ2) is 32.3. The van der Waals surface area contributed by atoms with E-state index in [-0.39, 0.29) is 69.2 Å². The molecule has 92 heavy (non-hydrogen) atoms. The molecular weight excluding hydrogens is 1160 g/mol. The molecule has 1 aromatic carbocycles. The molecule has 0 fully saturated rings. The number of nitrogens with zero attached hydrogens (tertiary/aromatic N) is 6. The minimum absolute atomic E-state index is 0.00133. The van der Waals surface area contributed by atoms with Gasteiger partial charge in [-0.1, -0.05) is 246 Å². The highest BCUT2D eigenvalue weighted by Gasteiger charge is 2.33. The summed E-state index contributed by atoms with van der Waals surface area (Å²) in [6, 6.07) is 15.2. The van der Waals surface area contributed by atoms with Gasteiger partial charge in [0.25, 0.3) is 0 Å². The molecular formula is C76H110N6O10. The molecule has 16 heteroatoms. The van der Waals surface area contributed by atoms with E-state index in [1.165, 1.54) is 37.2 Å². The molecule has 0 saturated carbocycles. The minimum Gasteiger partial charge on any atom is -0.294 e. The third kappa shape index (κ3) is 26.9. The van der Waals surface area contributed by atoms with Crippen molar-refractivity contribution in [2.45, 2.75) is 222 Å². The molecule has 0 radical (unpaired) electrons. The molecule has 5 aromatic rings. The first-order valence-electron chi connectivity index (χ1n) is 31.3. The highest BCUT2D eigenvalue weighted by Crippen LogP contribution is 2.29. The van der Waals surface area contributed by atoms with Crippen molar-refractivity contribution in [2.75, 3.05) is 0 Å². The fourth-order valence-corrected chi connectivity index (χ4v) is 7.41. The van der Waals surface area contributed by atoms with Gasteiger partial charge in [-0.3, -0.25) is 57.9 Å². The van der Waals surface area contributed by atoms with Crippen LogP contribution in [-0.4, -0.2) is 87.7 Å². The van der Waals surface area contributed by atoms with E-state index < -0.39 is 54.1 Å². The van der Waals surface area contributed by atoms with Crippen LogP contribution in [0.15, 0.2) is 85.7 Å². The number of pyridine rings is 2. The van der Waals surface area contributed by atoms with Crippen LogP contribution in [0.1, 0.15) is 326 Å². The lowest BCUT2D eigenvalue weighted by Gasteiger charge is -2.19. The summed E-state index contributed by atoms with van der Waals surface area (Å²) in [4.78, 5) is 145. The summed E-state index contributed by atoms with van der Waals surface area (Å²) in [6.45, 7) is 59.3. The van der Waals surface area contributed by atoms with Crippen molar-refractivity contribution >= 4 is 57.8 Å². The van der Waals surface area contributed by atoms with Crippen LogP contribution in [0.25, 0.3) is 0 Å². The number of carbonyl (C=O) groups excluding carboxylic acids is 10. The van der Waals surface area contributed by atoms with Crippen LogP contribution in [0.3, 0.4) is 0 Å². The highest BCUT2D eigenvalue weighted by atomic mass is 16.2. The lowest BCUT2D eigenvalue weighted by atomic mass is 9.83. The fraction of sp³-hybridized carbons (Fsp3) is 0.553. The molecule has 0 aliphatic rings. The van der Waals surface area contributed by atoms with E-state index in [2.05, 4.69) is 29.9 Å². The maximum absolute atomic E-state index is 12.2. The molecule has 0 bridgehead atoms. The number of carbonyl (C=O) groups is 10. The molecule has 0 N–H and O–H groups in total. The minimum atomic E-state index is -0.530. The predicted octanol–water partition coefficient (Wildman–Crippen LogP) is 18.1. The van der Waals surface area contributed by atoms with Gasteiger partial charge < -0.3 is 0 Å². The molecule has 0 saturated heterocycles. The van der Waals surface area contributed by atoms with Crippen LogP contribution in [-0.2, 0) is 0 Å². The summed E-state index contributed by atoms with van der Waals surface area (Å²) < 4.78 is 0. The predicted molar refractivity (Wildman–Crippen MR) is 368 cm³/mol. The van der Waals surface area contributed by atoms with E-state index in [1.54, 1.807) is 48.5 Å². The van der Waals surface area contributed by atoms with Crippen LogP contribution in [0, 0.1) is 54.1 Å². The van der Waals surface area contributed by atoms with Gasteiger partial charge in [-0.25, -0.2) is 19.9 Å². The Balaban J connectivity index is 0.00000112. The van der Waals surface area contributed by atoms with Crippen LogP contribution in [0.5, 0.6) is 0 Å². The standard InChI is InChI=1S/C16H22O2.2C15H21NO2.2C14H20N2O2.C2H6/c1-15(2,3)13(17)11-8-7-9-12(10-11)14(18)16(4,5)6;1-14(2,3)12(17)10-7-11(9-16-8-10)13(18)15(4,5)6;1-14(2,3)12(17)10-8-7-9-11(16-10)13(18)15(4,5)6;1-13(2,3)11(17)9-7-15-8-10(16-9)12(18)14(4,5)6;1-13(2,3)11(17)9-7-10(16-8-15-9)12(18)14(4,5)6;1-2/h7-10H,1-6H3;2*7-9H,1-6H3;2*7-8H,1-6H3;1-2H3. The molecule has 4 heterocycles. The van der Waals surface area contributed by atoms with Crippen molar-refractivity contribution in [1.82, 2.24) is 29.9 Å². The summed E-state index contributed by atoms with van der Waals surface area (Å²) in [6.07, 6.45) is 7.14. The van der Waals surface area contributed by atoms with E-state index in [4.69, 9.17) is 0 Å². The maximum atomic E-state index is 12.2. The van der Waals surface area contributed by atoms with Gasteiger partial charge in [0, 0.05) is 88.8 Å². The Morgan fingerprint density at radius 2 is 0.446 bits per heavy atom. The second-order valence-corrected chi connectivity index (χ2v) is 32.8. The summed E-state index contributed by atoms with van der Waals surface area (Å²) in [5, 5.41) is 0. The third-order valence-electron chi connectivity index (χ3n) is 12.9. The first-order valence-corrected chi connectivity index (χ1v) is 31.3. The summed E-state index contributed by atoms with van der Waals surface area (Å²) in [5.41, 5.74) is -0.843. The van der Waals surface area contributed by atoms with Crippen molar-refractivity contribution in [3.05, 3.63) is 142 Å².